The molecule has 0 saturated carbocycles. The molecule has 7 heteroatoms. The number of halogens is 1. The van der Waals surface area contributed by atoms with E-state index in [-0.39, 0.29) is 13.0 Å². The van der Waals surface area contributed by atoms with E-state index in [2.05, 4.69) is 11.4 Å². The minimum Gasteiger partial charge on any atom is -0.479 e. The molecule has 0 aromatic heterocycles. The Balaban J connectivity index is 1.78. The number of nitrogens with one attached hydrogen (secondary N) is 1. The van der Waals surface area contributed by atoms with E-state index in [1.807, 2.05) is 18.2 Å². The van der Waals surface area contributed by atoms with Gasteiger partial charge in [-0.3, -0.25) is 9.59 Å². The Hall–Kier alpha value is -2.93. The molecule has 2 atom stereocenters. The molecule has 0 bridgehead atoms. The summed E-state index contributed by atoms with van der Waals surface area (Å²) in [5.74, 6) is -0.870. The second-order valence-corrected chi connectivity index (χ2v) is 7.26. The smallest absolute Gasteiger partial charge is 0.307 e. The molecule has 2 aromatic rings. The summed E-state index contributed by atoms with van der Waals surface area (Å²) in [5, 5.41) is 3.00. The highest BCUT2D eigenvalue weighted by atomic mass is 19.1. The van der Waals surface area contributed by atoms with Crippen molar-refractivity contribution in [2.24, 2.45) is 5.73 Å². The first-order valence-corrected chi connectivity index (χ1v) is 9.52. The van der Waals surface area contributed by atoms with Gasteiger partial charge in [-0.25, -0.2) is 4.39 Å². The third-order valence-electron chi connectivity index (χ3n) is 5.22. The zero-order chi connectivity index (χ0) is 20.9. The zero-order valence-corrected chi connectivity index (χ0v) is 16.3. The van der Waals surface area contributed by atoms with Crippen LogP contribution in [-0.4, -0.2) is 37.2 Å². The molecule has 0 radical (unpaired) electrons. The van der Waals surface area contributed by atoms with Gasteiger partial charge in [-0.2, -0.15) is 0 Å². The van der Waals surface area contributed by atoms with Crippen molar-refractivity contribution in [2.75, 3.05) is 13.7 Å². The lowest BCUT2D eigenvalue weighted by Crippen LogP contribution is -2.57. The average molecular weight is 400 g/mol. The monoisotopic (exact) mass is 400 g/mol. The Morgan fingerprint density at radius 3 is 2.52 bits per heavy atom. The molecule has 0 spiro atoms. The Morgan fingerprint density at radius 1 is 1.17 bits per heavy atom. The molecule has 1 aliphatic carbocycles. The number of esters is 1. The fourth-order valence-electron chi connectivity index (χ4n) is 3.68. The maximum absolute atomic E-state index is 13.1. The van der Waals surface area contributed by atoms with E-state index in [1.165, 1.54) is 36.9 Å². The molecule has 3 N–H and O–H groups in total. The van der Waals surface area contributed by atoms with Crippen molar-refractivity contribution in [3.63, 3.8) is 0 Å². The molecule has 2 unspecified atom stereocenters. The molecule has 0 fully saturated rings. The predicted molar refractivity (Wildman–Crippen MR) is 106 cm³/mol. The van der Waals surface area contributed by atoms with E-state index in [1.54, 1.807) is 0 Å². The second kappa shape index (κ2) is 9.05. The molecule has 154 valence electrons. The maximum Gasteiger partial charge on any atom is 0.307 e. The number of nitrogens with two attached hydrogens (primary N) is 1. The molecule has 2 aromatic carbocycles. The van der Waals surface area contributed by atoms with Gasteiger partial charge in [0.15, 0.2) is 6.10 Å². The van der Waals surface area contributed by atoms with Gasteiger partial charge in [0.2, 0.25) is 0 Å². The number of aryl methyl sites for hydroxylation is 1. The number of hydrogen-bond donors (Lipinski definition) is 2. The van der Waals surface area contributed by atoms with Crippen LogP contribution in [0.4, 0.5) is 4.39 Å². The first kappa shape index (κ1) is 20.8. The lowest BCUT2D eigenvalue weighted by atomic mass is 9.76. The van der Waals surface area contributed by atoms with Crippen molar-refractivity contribution >= 4 is 11.9 Å². The van der Waals surface area contributed by atoms with Crippen molar-refractivity contribution in [3.05, 3.63) is 65.5 Å². The molecular weight excluding hydrogens is 375 g/mol. The topological polar surface area (TPSA) is 90.7 Å². The van der Waals surface area contributed by atoms with Crippen LogP contribution in [0.1, 0.15) is 24.0 Å². The number of benzene rings is 2. The highest BCUT2D eigenvalue weighted by molar-refractivity contribution is 5.83. The summed E-state index contributed by atoms with van der Waals surface area (Å²) in [5.41, 5.74) is 7.27. The van der Waals surface area contributed by atoms with Gasteiger partial charge in [0.05, 0.1) is 19.1 Å². The fourth-order valence-corrected chi connectivity index (χ4v) is 3.68. The Morgan fingerprint density at radius 2 is 1.86 bits per heavy atom. The van der Waals surface area contributed by atoms with Gasteiger partial charge >= 0.3 is 5.97 Å². The van der Waals surface area contributed by atoms with E-state index in [4.69, 9.17) is 15.2 Å². The minimum atomic E-state index is -0.966. The van der Waals surface area contributed by atoms with E-state index in [0.717, 1.165) is 12.0 Å². The van der Waals surface area contributed by atoms with Gasteiger partial charge in [-0.15, -0.1) is 0 Å². The normalized spacial score (nSPS) is 19.0. The largest absolute Gasteiger partial charge is 0.479 e. The molecule has 6 nitrogen and oxygen atoms in total. The predicted octanol–water partition coefficient (Wildman–Crippen LogP) is 2.14. The van der Waals surface area contributed by atoms with Crippen LogP contribution in [0.25, 0.3) is 0 Å². The lowest BCUT2D eigenvalue weighted by Gasteiger charge is -2.39. The van der Waals surface area contributed by atoms with Crippen molar-refractivity contribution in [3.8, 4) is 5.75 Å². The van der Waals surface area contributed by atoms with E-state index in [0.29, 0.717) is 18.6 Å². The number of ether oxygens (including phenoxy) is 2. The van der Waals surface area contributed by atoms with Crippen molar-refractivity contribution in [2.45, 2.75) is 37.3 Å². The third kappa shape index (κ3) is 5.12. The Kier molecular flexibility index (Phi) is 6.49. The van der Waals surface area contributed by atoms with E-state index in [9.17, 15) is 14.0 Å². The quantitative estimate of drug-likeness (QED) is 0.695. The first-order valence-electron chi connectivity index (χ1n) is 9.52. The van der Waals surface area contributed by atoms with E-state index >= 15 is 0 Å². The Bertz CT molecular complexity index is 871. The van der Waals surface area contributed by atoms with Crippen molar-refractivity contribution < 1.29 is 23.5 Å². The SMILES string of the molecule is COC(=O)CC1(NC(=O)C(CN)Oc2ccc(F)cc2)CCc2ccccc2C1. The number of carbonyl (C=O) groups is 2. The van der Waals surface area contributed by atoms with Crippen LogP contribution in [0.5, 0.6) is 5.75 Å². The van der Waals surface area contributed by atoms with Crippen molar-refractivity contribution in [1.29, 1.82) is 0 Å². The molecule has 1 amide bonds. The number of carbonyl (C=O) groups excluding carboxylic acids is 2. The average Bonchev–Trinajstić information content (AvgIpc) is 2.73. The Labute approximate surface area is 169 Å². The van der Waals surface area contributed by atoms with Gasteiger partial charge in [-0.05, 0) is 54.7 Å². The minimum absolute atomic E-state index is 0.0530. The second-order valence-electron chi connectivity index (χ2n) is 7.26. The van der Waals surface area contributed by atoms with Gasteiger partial charge in [0.25, 0.3) is 5.91 Å². The summed E-state index contributed by atoms with van der Waals surface area (Å²) < 4.78 is 23.6. The molecule has 29 heavy (non-hydrogen) atoms. The molecule has 0 saturated heterocycles. The summed E-state index contributed by atoms with van der Waals surface area (Å²) >= 11 is 0. The first-order chi connectivity index (χ1) is 13.9. The summed E-state index contributed by atoms with van der Waals surface area (Å²) in [6.07, 6.45) is 0.931. The van der Waals surface area contributed by atoms with Crippen LogP contribution < -0.4 is 15.8 Å². The van der Waals surface area contributed by atoms with Gasteiger partial charge in [-0.1, -0.05) is 24.3 Å². The number of hydrogen-bond acceptors (Lipinski definition) is 5. The third-order valence-corrected chi connectivity index (χ3v) is 5.22. The van der Waals surface area contributed by atoms with Crippen LogP contribution in [0.15, 0.2) is 48.5 Å². The standard InChI is InChI=1S/C22H25FN2O4/c1-28-20(26)13-22(11-10-15-4-2-3-5-16(15)12-22)25-21(27)19(14-24)29-18-8-6-17(23)7-9-18/h2-9,19H,10-14,24H2,1H3,(H,25,27). The van der Waals surface area contributed by atoms with Crippen LogP contribution in [0, 0.1) is 5.82 Å². The number of rotatable bonds is 7. The fraction of sp³-hybridized carbons (Fsp3) is 0.364. The molecular formula is C22H25FN2O4. The molecule has 1 aliphatic rings. The summed E-state index contributed by atoms with van der Waals surface area (Å²) in [6.45, 7) is -0.0614. The summed E-state index contributed by atoms with van der Waals surface area (Å²) in [7, 11) is 1.33. The van der Waals surface area contributed by atoms with Crippen LogP contribution >= 0.6 is 0 Å². The van der Waals surface area contributed by atoms with Crippen LogP contribution in [0.3, 0.4) is 0 Å². The van der Waals surface area contributed by atoms with Crippen LogP contribution in [0.2, 0.25) is 0 Å². The number of fused-ring (bicyclic) bond motifs is 1. The number of methoxy groups -OCH3 is 1. The molecule has 0 aliphatic heterocycles. The molecule has 0 heterocycles. The van der Waals surface area contributed by atoms with E-state index < -0.39 is 29.3 Å². The summed E-state index contributed by atoms with van der Waals surface area (Å²) in [6, 6.07) is 13.3. The zero-order valence-electron chi connectivity index (χ0n) is 16.3. The summed E-state index contributed by atoms with van der Waals surface area (Å²) in [4.78, 5) is 25.0. The van der Waals surface area contributed by atoms with Crippen molar-refractivity contribution in [1.82, 2.24) is 5.32 Å². The van der Waals surface area contributed by atoms with Gasteiger partial charge < -0.3 is 20.5 Å². The van der Waals surface area contributed by atoms with Gasteiger partial charge in [0, 0.05) is 6.54 Å². The highest BCUT2D eigenvalue weighted by Gasteiger charge is 2.39. The highest BCUT2D eigenvalue weighted by Crippen LogP contribution is 2.32. The maximum atomic E-state index is 13.1. The van der Waals surface area contributed by atoms with Gasteiger partial charge in [0.1, 0.15) is 11.6 Å². The molecule has 3 rings (SSSR count). The lowest BCUT2D eigenvalue weighted by molar-refractivity contribution is -0.143. The number of amides is 1. The van der Waals surface area contributed by atoms with Crippen LogP contribution in [-0.2, 0) is 27.2 Å².